The minimum Gasteiger partial charge on any atom is -0.399 e. The van der Waals surface area contributed by atoms with Crippen LogP contribution in [0, 0.1) is 0 Å². The molecule has 0 heterocycles. The van der Waals surface area contributed by atoms with E-state index < -0.39 is 0 Å². The largest absolute Gasteiger partial charge is 0.399 e. The van der Waals surface area contributed by atoms with Crippen LogP contribution in [0.15, 0.2) is 72.5 Å². The van der Waals surface area contributed by atoms with Crippen LogP contribution in [0.4, 0.5) is 0 Å². The van der Waals surface area contributed by atoms with Gasteiger partial charge in [-0.05, 0) is 31.1 Å². The van der Waals surface area contributed by atoms with Gasteiger partial charge in [-0.2, -0.15) is 0 Å². The van der Waals surface area contributed by atoms with Crippen LogP contribution in [0.5, 0.6) is 0 Å². The topological polar surface area (TPSA) is 26.0 Å². The van der Waals surface area contributed by atoms with Crippen molar-refractivity contribution in [2.45, 2.75) is 13.8 Å². The van der Waals surface area contributed by atoms with Gasteiger partial charge in [0.2, 0.25) is 0 Å². The smallest absolute Gasteiger partial charge is 0.0270 e. The molecule has 1 heteroatoms. The first-order valence-electron chi connectivity index (χ1n) is 4.90. The first-order valence-corrected chi connectivity index (χ1v) is 4.90. The van der Waals surface area contributed by atoms with Gasteiger partial charge >= 0.3 is 0 Å². The lowest BCUT2D eigenvalue weighted by molar-refractivity contribution is 1.38. The van der Waals surface area contributed by atoms with Gasteiger partial charge in [-0.1, -0.05) is 49.6 Å². The number of rotatable bonds is 5. The summed E-state index contributed by atoms with van der Waals surface area (Å²) in [5, 5.41) is 0. The van der Waals surface area contributed by atoms with E-state index in [0.717, 1.165) is 16.8 Å². The molecule has 0 saturated heterocycles. The average molecular weight is 201 g/mol. The van der Waals surface area contributed by atoms with Crippen LogP contribution in [-0.2, 0) is 0 Å². The minimum absolute atomic E-state index is 0.735. The lowest BCUT2D eigenvalue weighted by Crippen LogP contribution is -1.91. The van der Waals surface area contributed by atoms with E-state index in [2.05, 4.69) is 13.2 Å². The first kappa shape index (κ1) is 13.2. The molecule has 0 radical (unpaired) electrons. The second-order valence-electron chi connectivity index (χ2n) is 2.99. The van der Waals surface area contributed by atoms with Crippen LogP contribution in [0.1, 0.15) is 13.8 Å². The molecule has 0 aliphatic rings. The Bertz CT molecular complexity index is 338. The van der Waals surface area contributed by atoms with Crippen LogP contribution in [0.2, 0.25) is 0 Å². The second-order valence-corrected chi connectivity index (χ2v) is 2.99. The van der Waals surface area contributed by atoms with E-state index in [9.17, 15) is 0 Å². The predicted octanol–water partition coefficient (Wildman–Crippen LogP) is 3.65. The fourth-order valence-electron chi connectivity index (χ4n) is 0.950. The van der Waals surface area contributed by atoms with Gasteiger partial charge < -0.3 is 5.73 Å². The summed E-state index contributed by atoms with van der Waals surface area (Å²) in [6.07, 6.45) is 13.2. The van der Waals surface area contributed by atoms with Crippen molar-refractivity contribution in [3.63, 3.8) is 0 Å². The normalized spacial score (nSPS) is 13.7. The molecule has 0 atom stereocenters. The summed E-state index contributed by atoms with van der Waals surface area (Å²) in [4.78, 5) is 0. The van der Waals surface area contributed by atoms with Crippen LogP contribution >= 0.6 is 0 Å². The van der Waals surface area contributed by atoms with Crippen molar-refractivity contribution >= 4 is 0 Å². The molecule has 15 heavy (non-hydrogen) atoms. The molecule has 0 aromatic rings. The summed E-state index contributed by atoms with van der Waals surface area (Å²) in [5.41, 5.74) is 8.37. The lowest BCUT2D eigenvalue weighted by atomic mass is 10.1. The summed E-state index contributed by atoms with van der Waals surface area (Å²) in [5.74, 6) is 0. The first-order chi connectivity index (χ1) is 7.15. The number of allylic oxidation sites excluding steroid dienone is 9. The summed E-state index contributed by atoms with van der Waals surface area (Å²) in [7, 11) is 0. The maximum absolute atomic E-state index is 5.64. The fraction of sp³-hybridized carbons (Fsp3) is 0.143. The Kier molecular flexibility index (Phi) is 6.73. The number of hydrogen-bond acceptors (Lipinski definition) is 1. The molecular formula is C14H19N. The summed E-state index contributed by atoms with van der Waals surface area (Å²) < 4.78 is 0. The highest BCUT2D eigenvalue weighted by molar-refractivity contribution is 5.46. The van der Waals surface area contributed by atoms with Crippen molar-refractivity contribution in [3.05, 3.63) is 72.5 Å². The Labute approximate surface area is 92.7 Å². The van der Waals surface area contributed by atoms with E-state index in [1.165, 1.54) is 0 Å². The Hall–Kier alpha value is -1.76. The Morgan fingerprint density at radius 1 is 1.07 bits per heavy atom. The summed E-state index contributed by atoms with van der Waals surface area (Å²) in [6, 6.07) is 0. The number of hydrogen-bond donors (Lipinski definition) is 1. The van der Waals surface area contributed by atoms with Crippen molar-refractivity contribution in [1.29, 1.82) is 0 Å². The van der Waals surface area contributed by atoms with Gasteiger partial charge in [0.05, 0.1) is 0 Å². The fourth-order valence-corrected chi connectivity index (χ4v) is 0.950. The van der Waals surface area contributed by atoms with Gasteiger partial charge in [0.25, 0.3) is 0 Å². The average Bonchev–Trinajstić information content (AvgIpc) is 2.26. The van der Waals surface area contributed by atoms with Gasteiger partial charge in [-0.15, -0.1) is 0 Å². The molecule has 80 valence electrons. The predicted molar refractivity (Wildman–Crippen MR) is 69.3 cm³/mol. The SMILES string of the molecule is C=C/C=C\C(=C/C)C(=C)/C=C\C(N)=C/C. The summed E-state index contributed by atoms with van der Waals surface area (Å²) >= 11 is 0. The van der Waals surface area contributed by atoms with E-state index in [-0.39, 0.29) is 0 Å². The standard InChI is InChI=1S/C14H19N/c1-5-8-9-13(6-2)12(4)10-11-14(15)7-3/h5-11H,1,4,15H2,2-3H3/b9-8-,11-10-,13-6+,14-7+. The lowest BCUT2D eigenvalue weighted by Gasteiger charge is -2.00. The molecule has 0 spiro atoms. The van der Waals surface area contributed by atoms with E-state index in [1.807, 2.05) is 50.3 Å². The van der Waals surface area contributed by atoms with Crippen molar-refractivity contribution in [3.8, 4) is 0 Å². The van der Waals surface area contributed by atoms with Crippen LogP contribution in [-0.4, -0.2) is 0 Å². The molecule has 1 nitrogen and oxygen atoms in total. The second kappa shape index (κ2) is 7.63. The van der Waals surface area contributed by atoms with Gasteiger partial charge in [0.15, 0.2) is 0 Å². The molecule has 2 N–H and O–H groups in total. The van der Waals surface area contributed by atoms with E-state index in [0.29, 0.717) is 0 Å². The molecule has 0 rings (SSSR count). The van der Waals surface area contributed by atoms with Crippen molar-refractivity contribution in [2.75, 3.05) is 0 Å². The van der Waals surface area contributed by atoms with Gasteiger partial charge in [-0.25, -0.2) is 0 Å². The molecule has 0 amide bonds. The quantitative estimate of drug-likeness (QED) is 0.675. The highest BCUT2D eigenvalue weighted by atomic mass is 14.5. The third-order valence-corrected chi connectivity index (χ3v) is 1.90. The molecule has 0 aromatic carbocycles. The van der Waals surface area contributed by atoms with Crippen molar-refractivity contribution < 1.29 is 0 Å². The highest BCUT2D eigenvalue weighted by Gasteiger charge is 1.92. The zero-order chi connectivity index (χ0) is 11.7. The molecule has 0 saturated carbocycles. The molecule has 0 aliphatic heterocycles. The molecular weight excluding hydrogens is 182 g/mol. The zero-order valence-electron chi connectivity index (χ0n) is 9.53. The van der Waals surface area contributed by atoms with Gasteiger partial charge in [0.1, 0.15) is 0 Å². The molecule has 0 aromatic heterocycles. The molecule has 0 bridgehead atoms. The van der Waals surface area contributed by atoms with Crippen LogP contribution < -0.4 is 5.73 Å². The van der Waals surface area contributed by atoms with E-state index in [1.54, 1.807) is 6.08 Å². The molecule has 0 unspecified atom stereocenters. The van der Waals surface area contributed by atoms with Crippen LogP contribution in [0.25, 0.3) is 0 Å². The summed E-state index contributed by atoms with van der Waals surface area (Å²) in [6.45, 7) is 11.5. The Morgan fingerprint density at radius 3 is 2.20 bits per heavy atom. The van der Waals surface area contributed by atoms with E-state index in [4.69, 9.17) is 5.73 Å². The monoisotopic (exact) mass is 201 g/mol. The number of nitrogens with two attached hydrogens (primary N) is 1. The van der Waals surface area contributed by atoms with Crippen LogP contribution in [0.3, 0.4) is 0 Å². The van der Waals surface area contributed by atoms with Crippen molar-refractivity contribution in [1.82, 2.24) is 0 Å². The maximum atomic E-state index is 5.64. The highest BCUT2D eigenvalue weighted by Crippen LogP contribution is 2.11. The minimum atomic E-state index is 0.735. The van der Waals surface area contributed by atoms with Gasteiger partial charge in [0, 0.05) is 5.70 Å². The Morgan fingerprint density at radius 2 is 1.73 bits per heavy atom. The van der Waals surface area contributed by atoms with Gasteiger partial charge in [-0.3, -0.25) is 0 Å². The third-order valence-electron chi connectivity index (χ3n) is 1.90. The molecule has 0 fully saturated rings. The third kappa shape index (κ3) is 5.53. The maximum Gasteiger partial charge on any atom is 0.0270 e. The van der Waals surface area contributed by atoms with Crippen molar-refractivity contribution in [2.24, 2.45) is 5.73 Å². The van der Waals surface area contributed by atoms with E-state index >= 15 is 0 Å². The zero-order valence-corrected chi connectivity index (χ0v) is 9.53. The molecule has 0 aliphatic carbocycles. The Balaban J connectivity index is 4.63.